The standard InChI is InChI=1S/C9H18BO5PS/c1-4-16(11,17)15-7-6(5-12-2)14-9(10)8(7)13-3/h6-9H,4-5H2,1-3H3,(H,11,17)/t6-,7?,8+,9-,16?/m1/s1. The molecule has 0 aromatic rings. The first-order valence-electron chi connectivity index (χ1n) is 5.38. The lowest BCUT2D eigenvalue weighted by Crippen LogP contribution is -2.37. The molecule has 1 saturated heterocycles. The molecule has 17 heavy (non-hydrogen) atoms. The molecule has 5 atom stereocenters. The van der Waals surface area contributed by atoms with Crippen LogP contribution in [0.25, 0.3) is 0 Å². The Kier molecular flexibility index (Phi) is 6.06. The molecule has 0 bridgehead atoms. The zero-order valence-electron chi connectivity index (χ0n) is 10.2. The fourth-order valence-corrected chi connectivity index (χ4v) is 2.80. The van der Waals surface area contributed by atoms with Gasteiger partial charge in [0.2, 0.25) is 0 Å². The van der Waals surface area contributed by atoms with E-state index in [1.54, 1.807) is 14.0 Å². The summed E-state index contributed by atoms with van der Waals surface area (Å²) in [6.45, 7) is -0.700. The Morgan fingerprint density at radius 1 is 1.41 bits per heavy atom. The summed E-state index contributed by atoms with van der Waals surface area (Å²) >= 11 is 5.01. The normalized spacial score (nSPS) is 36.9. The highest BCUT2D eigenvalue weighted by Gasteiger charge is 2.45. The molecule has 8 heteroatoms. The van der Waals surface area contributed by atoms with Crippen LogP contribution in [0.5, 0.6) is 0 Å². The van der Waals surface area contributed by atoms with Crippen LogP contribution in [0.4, 0.5) is 0 Å². The maximum absolute atomic E-state index is 9.88. The van der Waals surface area contributed by atoms with Gasteiger partial charge in [-0.1, -0.05) is 6.92 Å². The maximum Gasteiger partial charge on any atom is 0.186 e. The summed E-state index contributed by atoms with van der Waals surface area (Å²) in [4.78, 5) is 9.88. The number of hydrogen-bond acceptors (Lipinski definition) is 5. The van der Waals surface area contributed by atoms with Gasteiger partial charge in [-0.25, -0.2) is 0 Å². The third-order valence-corrected chi connectivity index (χ3v) is 5.04. The Bertz CT molecular complexity index is 293. The van der Waals surface area contributed by atoms with E-state index < -0.39 is 24.7 Å². The number of methoxy groups -OCH3 is 2. The molecule has 0 aliphatic carbocycles. The highest BCUT2D eigenvalue weighted by atomic mass is 32.5. The van der Waals surface area contributed by atoms with Crippen LogP contribution < -0.4 is 0 Å². The maximum atomic E-state index is 9.88. The minimum atomic E-state index is -2.80. The van der Waals surface area contributed by atoms with Crippen LogP contribution in [0, 0.1) is 0 Å². The predicted molar refractivity (Wildman–Crippen MR) is 69.0 cm³/mol. The van der Waals surface area contributed by atoms with Gasteiger partial charge < -0.3 is 23.6 Å². The van der Waals surface area contributed by atoms with Crippen LogP contribution in [-0.4, -0.2) is 64.0 Å². The summed E-state index contributed by atoms with van der Waals surface area (Å²) in [7, 11) is 8.85. The summed E-state index contributed by atoms with van der Waals surface area (Å²) < 4.78 is 21.3. The Balaban J connectivity index is 2.77. The van der Waals surface area contributed by atoms with Crippen molar-refractivity contribution < 1.29 is 23.6 Å². The van der Waals surface area contributed by atoms with E-state index in [2.05, 4.69) is 0 Å². The summed E-state index contributed by atoms with van der Waals surface area (Å²) in [5.74, 6) is 0. The fraction of sp³-hybridized carbons (Fsp3) is 1.00. The molecule has 0 aromatic heterocycles. The van der Waals surface area contributed by atoms with E-state index in [1.165, 1.54) is 7.11 Å². The van der Waals surface area contributed by atoms with Crippen LogP contribution in [0.2, 0.25) is 0 Å². The van der Waals surface area contributed by atoms with Crippen molar-refractivity contribution in [3.63, 3.8) is 0 Å². The minimum absolute atomic E-state index is 0.317. The Morgan fingerprint density at radius 3 is 2.53 bits per heavy atom. The zero-order valence-corrected chi connectivity index (χ0v) is 11.9. The smallest absolute Gasteiger partial charge is 0.186 e. The van der Waals surface area contributed by atoms with E-state index in [-0.39, 0.29) is 6.10 Å². The molecule has 0 saturated carbocycles. The molecule has 0 aromatic carbocycles. The third kappa shape index (κ3) is 3.99. The first-order valence-corrected chi connectivity index (χ1v) is 8.24. The van der Waals surface area contributed by atoms with Crippen molar-refractivity contribution in [3.8, 4) is 0 Å². The molecule has 0 spiro atoms. The first kappa shape index (κ1) is 15.6. The van der Waals surface area contributed by atoms with Gasteiger partial charge in [-0.2, -0.15) is 0 Å². The van der Waals surface area contributed by atoms with Gasteiger partial charge in [0.25, 0.3) is 0 Å². The number of ether oxygens (including phenoxy) is 3. The lowest BCUT2D eigenvalue weighted by Gasteiger charge is -2.26. The SMILES string of the molecule is [B][C@@H]1O[C@H](COC)C(OP(O)(=S)CC)[C@@H]1OC. The van der Waals surface area contributed by atoms with Crippen molar-refractivity contribution in [3.05, 3.63) is 0 Å². The van der Waals surface area contributed by atoms with Crippen LogP contribution >= 0.6 is 6.49 Å². The van der Waals surface area contributed by atoms with Crippen LogP contribution in [0.15, 0.2) is 0 Å². The molecule has 1 aliphatic rings. The second kappa shape index (κ2) is 6.61. The average molecular weight is 280 g/mol. The lowest BCUT2D eigenvalue weighted by atomic mass is 9.93. The summed E-state index contributed by atoms with van der Waals surface area (Å²) in [6.07, 6.45) is -0.924. The fourth-order valence-electron chi connectivity index (χ4n) is 1.71. The summed E-state index contributed by atoms with van der Waals surface area (Å²) in [5, 5.41) is 0. The predicted octanol–water partition coefficient (Wildman–Crippen LogP) is 0.248. The molecule has 0 amide bonds. The highest BCUT2D eigenvalue weighted by Crippen LogP contribution is 2.46. The zero-order chi connectivity index (χ0) is 13.1. The minimum Gasteiger partial charge on any atom is -0.382 e. The highest BCUT2D eigenvalue weighted by molar-refractivity contribution is 8.09. The second-order valence-corrected chi connectivity index (χ2v) is 7.65. The molecule has 2 unspecified atom stereocenters. The van der Waals surface area contributed by atoms with Gasteiger partial charge >= 0.3 is 0 Å². The lowest BCUT2D eigenvalue weighted by molar-refractivity contribution is -0.0132. The van der Waals surface area contributed by atoms with Gasteiger partial charge in [0.1, 0.15) is 26.2 Å². The van der Waals surface area contributed by atoms with Crippen molar-refractivity contribution in [1.82, 2.24) is 0 Å². The van der Waals surface area contributed by atoms with E-state index >= 15 is 0 Å². The number of rotatable bonds is 6. The quantitative estimate of drug-likeness (QED) is 0.556. The van der Waals surface area contributed by atoms with E-state index in [9.17, 15) is 4.89 Å². The Morgan fingerprint density at radius 2 is 2.06 bits per heavy atom. The molecule has 1 aliphatic heterocycles. The monoisotopic (exact) mass is 280 g/mol. The van der Waals surface area contributed by atoms with Crippen LogP contribution in [0.1, 0.15) is 6.92 Å². The molecule has 98 valence electrons. The summed E-state index contributed by atoms with van der Waals surface area (Å²) in [6, 6.07) is -0.600. The largest absolute Gasteiger partial charge is 0.382 e. The average Bonchev–Trinajstić information content (AvgIpc) is 2.55. The Labute approximate surface area is 108 Å². The molecule has 1 N–H and O–H groups in total. The third-order valence-electron chi connectivity index (χ3n) is 2.64. The van der Waals surface area contributed by atoms with Crippen LogP contribution in [0.3, 0.4) is 0 Å². The second-order valence-electron chi connectivity index (χ2n) is 3.82. The molecule has 1 heterocycles. The number of hydrogen-bond donors (Lipinski definition) is 1. The topological polar surface area (TPSA) is 57.2 Å². The van der Waals surface area contributed by atoms with Crippen molar-refractivity contribution in [2.75, 3.05) is 27.0 Å². The molecule has 1 rings (SSSR count). The van der Waals surface area contributed by atoms with Gasteiger partial charge in [0, 0.05) is 26.4 Å². The van der Waals surface area contributed by atoms with Gasteiger partial charge in [0.15, 0.2) is 6.49 Å². The van der Waals surface area contributed by atoms with E-state index in [0.717, 1.165) is 0 Å². The Hall–Kier alpha value is 0.515. The molecule has 5 nitrogen and oxygen atoms in total. The van der Waals surface area contributed by atoms with Gasteiger partial charge in [-0.05, 0) is 11.8 Å². The van der Waals surface area contributed by atoms with Gasteiger partial charge in [-0.15, -0.1) is 0 Å². The summed E-state index contributed by atoms with van der Waals surface area (Å²) in [5.41, 5.74) is 0. The van der Waals surface area contributed by atoms with Crippen molar-refractivity contribution in [1.29, 1.82) is 0 Å². The van der Waals surface area contributed by atoms with Crippen molar-refractivity contribution in [2.45, 2.75) is 31.2 Å². The van der Waals surface area contributed by atoms with E-state index in [4.69, 9.17) is 38.4 Å². The van der Waals surface area contributed by atoms with Gasteiger partial charge in [0.05, 0.1) is 6.61 Å². The van der Waals surface area contributed by atoms with Crippen molar-refractivity contribution >= 4 is 26.1 Å². The van der Waals surface area contributed by atoms with Crippen LogP contribution in [-0.2, 0) is 30.5 Å². The van der Waals surface area contributed by atoms with E-state index in [0.29, 0.717) is 12.8 Å². The first-order chi connectivity index (χ1) is 7.95. The molecular weight excluding hydrogens is 262 g/mol. The van der Waals surface area contributed by atoms with E-state index in [1.807, 2.05) is 0 Å². The molecule has 2 radical (unpaired) electrons. The van der Waals surface area contributed by atoms with Crippen molar-refractivity contribution in [2.24, 2.45) is 0 Å². The van der Waals surface area contributed by atoms with Gasteiger partial charge in [-0.3, -0.25) is 0 Å². The molecular formula is C9H18BO5PS. The molecule has 1 fully saturated rings.